The van der Waals surface area contributed by atoms with Crippen molar-refractivity contribution in [3.8, 4) is 0 Å². The molecule has 0 aromatic carbocycles. The zero-order valence-electron chi connectivity index (χ0n) is 18.1. The second-order valence-corrected chi connectivity index (χ2v) is 11.6. The molecule has 200 valence electrons. The summed E-state index contributed by atoms with van der Waals surface area (Å²) in [5, 5.41) is 2.20. The molecule has 0 radical (unpaired) electrons. The third-order valence-electron chi connectivity index (χ3n) is 3.81. The molecule has 5 atom stereocenters. The van der Waals surface area contributed by atoms with Crippen LogP contribution in [-0.4, -0.2) is 81.4 Å². The highest BCUT2D eigenvalue weighted by atomic mass is 35.6. The Balaban J connectivity index is 3.41. The molecule has 1 saturated heterocycles. The van der Waals surface area contributed by atoms with Crippen LogP contribution in [0.15, 0.2) is 0 Å². The largest absolute Gasteiger partial charge is 0.463 e. The van der Waals surface area contributed by atoms with Gasteiger partial charge in [-0.1, -0.05) is 69.6 Å². The van der Waals surface area contributed by atoms with E-state index in [9.17, 15) is 24.0 Å². The van der Waals surface area contributed by atoms with Gasteiger partial charge in [0.1, 0.15) is 25.4 Å². The fraction of sp³-hybridized carbons (Fsp3) is 0.706. The third kappa shape index (κ3) is 11.6. The van der Waals surface area contributed by atoms with E-state index in [1.165, 1.54) is 0 Å². The standard InChI is InChI=1S/C17H19Cl6NO11/c1-6(25)30-4-9-11(32-7(2)26)12(33-8(3)27)10(24-15(29)31-5-16(18,19)20)13(34-9)35-14(28)17(21,22)23/h9-13H,4-5H2,1-3H3,(H,24,29)/t9-,10-,11-,12-,13+/m1/s1. The molecule has 35 heavy (non-hydrogen) atoms. The second kappa shape index (κ2) is 13.4. The van der Waals surface area contributed by atoms with E-state index in [1.54, 1.807) is 0 Å². The fourth-order valence-electron chi connectivity index (χ4n) is 2.65. The summed E-state index contributed by atoms with van der Waals surface area (Å²) in [5.74, 6) is -3.97. The Morgan fingerprint density at radius 3 is 1.80 bits per heavy atom. The quantitative estimate of drug-likeness (QED) is 0.252. The number of ether oxygens (including phenoxy) is 6. The van der Waals surface area contributed by atoms with E-state index in [4.69, 9.17) is 98.0 Å². The maximum Gasteiger partial charge on any atom is 0.407 e. The number of halogens is 6. The first kappa shape index (κ1) is 31.9. The Morgan fingerprint density at radius 2 is 1.34 bits per heavy atom. The number of carbonyl (C=O) groups excluding carboxylic acids is 5. The predicted octanol–water partition coefficient (Wildman–Crippen LogP) is 2.52. The lowest BCUT2D eigenvalue weighted by atomic mass is 9.96. The van der Waals surface area contributed by atoms with Crippen LogP contribution in [-0.2, 0) is 47.6 Å². The average Bonchev–Trinajstić information content (AvgIpc) is 2.67. The lowest BCUT2D eigenvalue weighted by Gasteiger charge is -2.44. The van der Waals surface area contributed by atoms with Gasteiger partial charge in [0.2, 0.25) is 10.1 Å². The fourth-order valence-corrected chi connectivity index (χ4v) is 2.95. The highest BCUT2D eigenvalue weighted by Gasteiger charge is 2.53. The summed E-state index contributed by atoms with van der Waals surface area (Å²) in [7, 11) is 0. The maximum atomic E-state index is 12.3. The van der Waals surface area contributed by atoms with Gasteiger partial charge in [0.05, 0.1) is 0 Å². The van der Waals surface area contributed by atoms with Gasteiger partial charge >= 0.3 is 30.0 Å². The summed E-state index contributed by atoms with van der Waals surface area (Å²) in [6.45, 7) is 1.84. The first-order chi connectivity index (χ1) is 15.9. The van der Waals surface area contributed by atoms with Gasteiger partial charge in [-0.3, -0.25) is 14.4 Å². The number of hydrogen-bond acceptors (Lipinski definition) is 11. The molecule has 1 aliphatic heterocycles. The number of alkyl halides is 6. The minimum atomic E-state index is -2.58. The van der Waals surface area contributed by atoms with Crippen molar-refractivity contribution in [3.05, 3.63) is 0 Å². The number of carbonyl (C=O) groups is 5. The highest BCUT2D eigenvalue weighted by molar-refractivity contribution is 6.75. The van der Waals surface area contributed by atoms with Crippen LogP contribution < -0.4 is 5.32 Å². The van der Waals surface area contributed by atoms with E-state index in [0.29, 0.717) is 0 Å². The SMILES string of the molecule is CC(=O)OC[C@H]1O[C@@H](OC(=O)C(Cl)(Cl)Cl)[C@H](NC(=O)OCC(Cl)(Cl)Cl)[C@@H](OC(C)=O)[C@@H]1OC(C)=O. The van der Waals surface area contributed by atoms with Gasteiger partial charge in [0.15, 0.2) is 12.2 Å². The van der Waals surface area contributed by atoms with Crippen LogP contribution in [0.3, 0.4) is 0 Å². The lowest BCUT2D eigenvalue weighted by molar-refractivity contribution is -0.270. The van der Waals surface area contributed by atoms with Crippen molar-refractivity contribution in [2.75, 3.05) is 13.2 Å². The zero-order valence-corrected chi connectivity index (χ0v) is 22.6. The zero-order chi connectivity index (χ0) is 27.1. The summed E-state index contributed by atoms with van der Waals surface area (Å²) in [4.78, 5) is 59.4. The molecule has 1 rings (SSSR count). The maximum absolute atomic E-state index is 12.3. The molecule has 1 fully saturated rings. The molecule has 1 heterocycles. The number of amides is 1. The van der Waals surface area contributed by atoms with Crippen LogP contribution in [0.1, 0.15) is 20.8 Å². The van der Waals surface area contributed by atoms with Crippen LogP contribution in [0.5, 0.6) is 0 Å². The molecule has 0 bridgehead atoms. The average molecular weight is 626 g/mol. The number of hydrogen-bond donors (Lipinski definition) is 1. The number of alkyl carbamates (subject to hydrolysis) is 1. The minimum Gasteiger partial charge on any atom is -0.463 e. The Morgan fingerprint density at radius 1 is 0.800 bits per heavy atom. The Labute approximate surface area is 228 Å². The van der Waals surface area contributed by atoms with Gasteiger partial charge in [0, 0.05) is 20.8 Å². The number of nitrogens with one attached hydrogen (secondary N) is 1. The van der Waals surface area contributed by atoms with Gasteiger partial charge in [-0.25, -0.2) is 9.59 Å². The van der Waals surface area contributed by atoms with Crippen LogP contribution in [0.2, 0.25) is 0 Å². The molecule has 1 aliphatic rings. The minimum absolute atomic E-state index is 0.558. The van der Waals surface area contributed by atoms with Crippen molar-refractivity contribution < 1.29 is 52.4 Å². The van der Waals surface area contributed by atoms with E-state index in [-0.39, 0.29) is 0 Å². The number of rotatable bonds is 7. The third-order valence-corrected chi connectivity index (χ3v) is 4.60. The second-order valence-electron chi connectivity index (χ2n) is 6.76. The van der Waals surface area contributed by atoms with Crippen molar-refractivity contribution in [2.45, 2.75) is 59.0 Å². The molecular formula is C17H19Cl6NO11. The van der Waals surface area contributed by atoms with Crippen LogP contribution in [0, 0.1) is 0 Å². The van der Waals surface area contributed by atoms with E-state index in [1.807, 2.05) is 0 Å². The van der Waals surface area contributed by atoms with Gasteiger partial charge in [-0.2, -0.15) is 0 Å². The first-order valence-corrected chi connectivity index (χ1v) is 11.6. The molecule has 1 amide bonds. The van der Waals surface area contributed by atoms with Crippen LogP contribution >= 0.6 is 69.6 Å². The topological polar surface area (TPSA) is 153 Å². The highest BCUT2D eigenvalue weighted by Crippen LogP contribution is 2.32. The van der Waals surface area contributed by atoms with Crippen molar-refractivity contribution in [1.82, 2.24) is 5.32 Å². The van der Waals surface area contributed by atoms with E-state index in [2.05, 4.69) is 5.32 Å². The summed E-state index contributed by atoms with van der Waals surface area (Å²) < 4.78 is 26.1. The molecule has 0 aromatic heterocycles. The molecule has 1 N–H and O–H groups in total. The van der Waals surface area contributed by atoms with Crippen molar-refractivity contribution in [2.24, 2.45) is 0 Å². The molecule has 18 heteroatoms. The molecule has 0 aromatic rings. The summed E-state index contributed by atoms with van der Waals surface area (Å²) >= 11 is 33.2. The molecule has 0 unspecified atom stereocenters. The van der Waals surface area contributed by atoms with Crippen molar-refractivity contribution in [3.63, 3.8) is 0 Å². The van der Waals surface area contributed by atoms with Gasteiger partial charge in [-0.15, -0.1) is 0 Å². The van der Waals surface area contributed by atoms with E-state index in [0.717, 1.165) is 20.8 Å². The summed E-state index contributed by atoms with van der Waals surface area (Å²) in [6.07, 6.45) is -7.57. The monoisotopic (exact) mass is 623 g/mol. The Kier molecular flexibility index (Phi) is 12.2. The molecule has 0 aliphatic carbocycles. The van der Waals surface area contributed by atoms with Crippen LogP contribution in [0.25, 0.3) is 0 Å². The summed E-state index contributed by atoms with van der Waals surface area (Å²) in [6, 6.07) is -1.63. The van der Waals surface area contributed by atoms with E-state index >= 15 is 0 Å². The van der Waals surface area contributed by atoms with E-state index < -0.39 is 81.4 Å². The smallest absolute Gasteiger partial charge is 0.407 e. The molecular weight excluding hydrogens is 607 g/mol. The molecule has 0 spiro atoms. The lowest BCUT2D eigenvalue weighted by Crippen LogP contribution is -2.67. The number of esters is 4. The molecule has 12 nitrogen and oxygen atoms in total. The van der Waals surface area contributed by atoms with Crippen molar-refractivity contribution in [1.29, 1.82) is 0 Å². The van der Waals surface area contributed by atoms with Crippen LogP contribution in [0.4, 0.5) is 4.79 Å². The molecule has 0 saturated carbocycles. The van der Waals surface area contributed by atoms with Crippen molar-refractivity contribution >= 4 is 99.6 Å². The predicted molar refractivity (Wildman–Crippen MR) is 121 cm³/mol. The summed E-state index contributed by atoms with van der Waals surface area (Å²) in [5.41, 5.74) is 0. The normalized spacial score (nSPS) is 24.5. The Hall–Kier alpha value is -1.15. The van der Waals surface area contributed by atoms with Gasteiger partial charge < -0.3 is 33.7 Å². The first-order valence-electron chi connectivity index (χ1n) is 9.31. The Bertz CT molecular complexity index is 815. The van der Waals surface area contributed by atoms with Gasteiger partial charge in [0.25, 0.3) is 3.79 Å². The van der Waals surface area contributed by atoms with Gasteiger partial charge in [-0.05, 0) is 0 Å².